The zero-order valence-corrected chi connectivity index (χ0v) is 17.4. The summed E-state index contributed by atoms with van der Waals surface area (Å²) in [4.78, 5) is 27.2. The van der Waals surface area contributed by atoms with Gasteiger partial charge in [0, 0.05) is 12.1 Å². The minimum Gasteiger partial charge on any atom is -0.484 e. The van der Waals surface area contributed by atoms with E-state index in [1.54, 1.807) is 24.0 Å². The van der Waals surface area contributed by atoms with Crippen LogP contribution in [0.2, 0.25) is 0 Å². The van der Waals surface area contributed by atoms with Crippen LogP contribution in [0.4, 0.5) is 0 Å². The molecule has 2 amide bonds. The Labute approximate surface area is 167 Å². The number of amides is 2. The molecule has 0 saturated heterocycles. The molecule has 28 heavy (non-hydrogen) atoms. The van der Waals surface area contributed by atoms with Crippen LogP contribution in [0.3, 0.4) is 0 Å². The molecule has 1 N–H and O–H groups in total. The summed E-state index contributed by atoms with van der Waals surface area (Å²) in [7, 11) is 0. The molecule has 0 heterocycles. The number of nitrogens with zero attached hydrogens (tertiary/aromatic N) is 1. The van der Waals surface area contributed by atoms with Crippen molar-refractivity contribution in [2.45, 2.75) is 52.7 Å². The lowest BCUT2D eigenvalue weighted by Gasteiger charge is -2.31. The molecule has 1 atom stereocenters. The summed E-state index contributed by atoms with van der Waals surface area (Å²) in [5.41, 5.74) is 1.71. The molecular formula is C23H30N2O3. The van der Waals surface area contributed by atoms with Gasteiger partial charge in [0.05, 0.1) is 0 Å². The molecule has 0 aliphatic heterocycles. The average molecular weight is 383 g/mol. The lowest BCUT2D eigenvalue weighted by atomic mass is 10.1. The number of hydrogen-bond donors (Lipinski definition) is 1. The first-order valence-corrected chi connectivity index (χ1v) is 9.50. The van der Waals surface area contributed by atoms with Crippen LogP contribution in [-0.4, -0.2) is 34.9 Å². The Hall–Kier alpha value is -2.82. The molecule has 2 aromatic carbocycles. The molecule has 0 aliphatic carbocycles. The van der Waals surface area contributed by atoms with Crippen LogP contribution >= 0.6 is 0 Å². The van der Waals surface area contributed by atoms with Crippen LogP contribution in [0.1, 0.15) is 38.8 Å². The van der Waals surface area contributed by atoms with Crippen LogP contribution < -0.4 is 10.1 Å². The van der Waals surface area contributed by atoms with E-state index in [1.165, 1.54) is 0 Å². The van der Waals surface area contributed by atoms with Crippen LogP contribution in [0.25, 0.3) is 0 Å². The van der Waals surface area contributed by atoms with Crippen LogP contribution in [0, 0.1) is 6.92 Å². The van der Waals surface area contributed by atoms with Crippen molar-refractivity contribution in [1.82, 2.24) is 10.2 Å². The van der Waals surface area contributed by atoms with Crippen molar-refractivity contribution < 1.29 is 14.3 Å². The maximum absolute atomic E-state index is 12.9. The van der Waals surface area contributed by atoms with Crippen molar-refractivity contribution in [1.29, 1.82) is 0 Å². The highest BCUT2D eigenvalue weighted by Crippen LogP contribution is 2.14. The Morgan fingerprint density at radius 2 is 1.75 bits per heavy atom. The predicted octanol–water partition coefficient (Wildman–Crippen LogP) is 3.71. The second-order valence-corrected chi connectivity index (χ2v) is 8.03. The van der Waals surface area contributed by atoms with Crippen molar-refractivity contribution in [3.63, 3.8) is 0 Å². The number of carbonyl (C=O) groups is 2. The highest BCUT2D eigenvalue weighted by Gasteiger charge is 2.28. The zero-order chi connectivity index (χ0) is 20.7. The van der Waals surface area contributed by atoms with Gasteiger partial charge in [0.25, 0.3) is 5.91 Å². The van der Waals surface area contributed by atoms with E-state index in [2.05, 4.69) is 5.32 Å². The van der Waals surface area contributed by atoms with E-state index < -0.39 is 6.04 Å². The fourth-order valence-corrected chi connectivity index (χ4v) is 2.81. The minimum absolute atomic E-state index is 0.122. The summed E-state index contributed by atoms with van der Waals surface area (Å²) in [6.45, 7) is 9.73. The van der Waals surface area contributed by atoms with Crippen molar-refractivity contribution in [3.05, 3.63) is 65.7 Å². The fourth-order valence-electron chi connectivity index (χ4n) is 2.81. The third-order valence-corrected chi connectivity index (χ3v) is 4.21. The number of para-hydroxylation sites is 1. The topological polar surface area (TPSA) is 58.6 Å². The van der Waals surface area contributed by atoms with Crippen molar-refractivity contribution >= 4 is 11.8 Å². The number of hydrogen-bond acceptors (Lipinski definition) is 3. The van der Waals surface area contributed by atoms with E-state index in [0.717, 1.165) is 11.1 Å². The maximum Gasteiger partial charge on any atom is 0.261 e. The molecule has 150 valence electrons. The van der Waals surface area contributed by atoms with Gasteiger partial charge in [-0.25, -0.2) is 0 Å². The molecule has 0 saturated carbocycles. The van der Waals surface area contributed by atoms with Gasteiger partial charge in [0.1, 0.15) is 11.8 Å². The molecular weight excluding hydrogens is 352 g/mol. The van der Waals surface area contributed by atoms with E-state index in [1.807, 2.05) is 70.2 Å². The predicted molar refractivity (Wildman–Crippen MR) is 111 cm³/mol. The van der Waals surface area contributed by atoms with Crippen molar-refractivity contribution in [2.24, 2.45) is 0 Å². The normalized spacial score (nSPS) is 12.2. The standard InChI is InChI=1S/C23H30N2O3/c1-17-10-9-11-19(14-17)15-25(18(2)22(27)24-23(3,4)5)21(26)16-28-20-12-7-6-8-13-20/h6-14,18H,15-16H2,1-5H3,(H,24,27)/t18-/m0/s1. The second kappa shape index (κ2) is 9.40. The first kappa shape index (κ1) is 21.5. The van der Waals surface area contributed by atoms with Gasteiger partial charge in [-0.2, -0.15) is 0 Å². The zero-order valence-electron chi connectivity index (χ0n) is 17.4. The monoisotopic (exact) mass is 382 g/mol. The molecule has 0 radical (unpaired) electrons. The summed E-state index contributed by atoms with van der Waals surface area (Å²) in [6.07, 6.45) is 0. The largest absolute Gasteiger partial charge is 0.484 e. The van der Waals surface area contributed by atoms with E-state index in [0.29, 0.717) is 12.3 Å². The first-order chi connectivity index (χ1) is 13.2. The van der Waals surface area contributed by atoms with E-state index >= 15 is 0 Å². The molecule has 5 nitrogen and oxygen atoms in total. The number of nitrogens with one attached hydrogen (secondary N) is 1. The summed E-state index contributed by atoms with van der Waals surface area (Å²) >= 11 is 0. The molecule has 0 spiro atoms. The van der Waals surface area contributed by atoms with Gasteiger partial charge in [-0.15, -0.1) is 0 Å². The molecule has 2 rings (SSSR count). The van der Waals surface area contributed by atoms with Gasteiger partial charge in [0.2, 0.25) is 5.91 Å². The second-order valence-electron chi connectivity index (χ2n) is 8.03. The van der Waals surface area contributed by atoms with Crippen LogP contribution in [0.5, 0.6) is 5.75 Å². The lowest BCUT2D eigenvalue weighted by molar-refractivity contribution is -0.142. The van der Waals surface area contributed by atoms with Gasteiger partial charge < -0.3 is 15.0 Å². The SMILES string of the molecule is Cc1cccc(CN(C(=O)COc2ccccc2)[C@@H](C)C(=O)NC(C)(C)C)c1. The quantitative estimate of drug-likeness (QED) is 0.794. The molecule has 2 aromatic rings. The lowest BCUT2D eigenvalue weighted by Crippen LogP contribution is -2.53. The van der Waals surface area contributed by atoms with E-state index in [4.69, 9.17) is 4.74 Å². The third-order valence-electron chi connectivity index (χ3n) is 4.21. The molecule has 0 aliphatic rings. The smallest absolute Gasteiger partial charge is 0.261 e. The van der Waals surface area contributed by atoms with Gasteiger partial charge >= 0.3 is 0 Å². The Kier molecular flexibility index (Phi) is 7.21. The molecule has 0 bridgehead atoms. The summed E-state index contributed by atoms with van der Waals surface area (Å²) < 4.78 is 5.62. The Balaban J connectivity index is 2.16. The van der Waals surface area contributed by atoms with Crippen LogP contribution in [0.15, 0.2) is 54.6 Å². The molecule has 5 heteroatoms. The Bertz CT molecular complexity index is 797. The van der Waals surface area contributed by atoms with E-state index in [9.17, 15) is 9.59 Å². The van der Waals surface area contributed by atoms with Gasteiger partial charge in [-0.1, -0.05) is 48.0 Å². The van der Waals surface area contributed by atoms with Gasteiger partial charge in [0.15, 0.2) is 6.61 Å². The number of aryl methyl sites for hydroxylation is 1. The Morgan fingerprint density at radius 1 is 1.07 bits per heavy atom. The molecule has 0 unspecified atom stereocenters. The Morgan fingerprint density at radius 3 is 2.36 bits per heavy atom. The van der Waals surface area contributed by atoms with Crippen molar-refractivity contribution in [3.8, 4) is 5.75 Å². The number of ether oxygens (including phenoxy) is 1. The van der Waals surface area contributed by atoms with E-state index in [-0.39, 0.29) is 24.0 Å². The van der Waals surface area contributed by atoms with Crippen LogP contribution in [-0.2, 0) is 16.1 Å². The molecule has 0 fully saturated rings. The summed E-state index contributed by atoms with van der Waals surface area (Å²) in [5, 5.41) is 2.95. The third kappa shape index (κ3) is 6.72. The summed E-state index contributed by atoms with van der Waals surface area (Å²) in [6, 6.07) is 16.5. The number of carbonyl (C=O) groups excluding carboxylic acids is 2. The highest BCUT2D eigenvalue weighted by atomic mass is 16.5. The van der Waals surface area contributed by atoms with Crippen molar-refractivity contribution in [2.75, 3.05) is 6.61 Å². The minimum atomic E-state index is -0.619. The fraction of sp³-hybridized carbons (Fsp3) is 0.391. The summed E-state index contributed by atoms with van der Waals surface area (Å²) in [5.74, 6) is 0.202. The van der Waals surface area contributed by atoms with Gasteiger partial charge in [-0.05, 0) is 52.3 Å². The first-order valence-electron chi connectivity index (χ1n) is 9.50. The van der Waals surface area contributed by atoms with Gasteiger partial charge in [-0.3, -0.25) is 9.59 Å². The average Bonchev–Trinajstić information content (AvgIpc) is 2.63. The number of rotatable bonds is 7. The highest BCUT2D eigenvalue weighted by molar-refractivity contribution is 5.88. The molecule has 0 aromatic heterocycles. The number of benzene rings is 2. The maximum atomic E-state index is 12.9.